The van der Waals surface area contributed by atoms with E-state index >= 15 is 0 Å². The van der Waals surface area contributed by atoms with Crippen LogP contribution in [-0.4, -0.2) is 20.2 Å². The highest BCUT2D eigenvalue weighted by molar-refractivity contribution is 9.10. The fourth-order valence-corrected chi connectivity index (χ4v) is 3.11. The van der Waals surface area contributed by atoms with Crippen LogP contribution in [0.4, 0.5) is 0 Å². The van der Waals surface area contributed by atoms with Gasteiger partial charge in [-0.25, -0.2) is 4.79 Å². The Kier molecular flexibility index (Phi) is 2.55. The van der Waals surface area contributed by atoms with Crippen LogP contribution in [0.15, 0.2) is 21.4 Å². The van der Waals surface area contributed by atoms with E-state index in [0.717, 1.165) is 28.4 Å². The Labute approximate surface area is 111 Å². The van der Waals surface area contributed by atoms with E-state index < -0.39 is 5.97 Å². The van der Waals surface area contributed by atoms with Gasteiger partial charge in [0.1, 0.15) is 6.54 Å². The number of hydrogen-bond donors (Lipinski definition) is 1. The third-order valence-electron chi connectivity index (χ3n) is 3.28. The average Bonchev–Trinajstić information content (AvgIpc) is 2.56. The zero-order chi connectivity index (χ0) is 12.9. The summed E-state index contributed by atoms with van der Waals surface area (Å²) in [6.45, 7) is 0.370. The molecule has 0 aliphatic carbocycles. The van der Waals surface area contributed by atoms with Gasteiger partial charge in [-0.1, -0.05) is 15.9 Å². The average molecular weight is 311 g/mol. The van der Waals surface area contributed by atoms with Crippen LogP contribution in [0, 0.1) is 0 Å². The molecule has 1 N–H and O–H groups in total. The van der Waals surface area contributed by atoms with Gasteiger partial charge in [0.25, 0.3) is 0 Å². The van der Waals surface area contributed by atoms with Crippen molar-refractivity contribution in [1.29, 1.82) is 0 Å². The minimum atomic E-state index is -1.00. The first kappa shape index (κ1) is 11.5. The molecule has 5 nitrogen and oxygen atoms in total. The third-order valence-corrected chi connectivity index (χ3v) is 3.74. The van der Waals surface area contributed by atoms with Crippen molar-refractivity contribution in [1.82, 2.24) is 9.13 Å². The fourth-order valence-electron chi connectivity index (χ4n) is 2.62. The number of aryl methyl sites for hydroxylation is 2. The normalized spacial score (nSPS) is 14.1. The fraction of sp³-hybridized carbons (Fsp3) is 0.333. The van der Waals surface area contributed by atoms with Crippen LogP contribution in [0.5, 0.6) is 0 Å². The van der Waals surface area contributed by atoms with Gasteiger partial charge in [-0.3, -0.25) is 13.9 Å². The first-order valence-corrected chi connectivity index (χ1v) is 6.50. The second kappa shape index (κ2) is 3.98. The minimum Gasteiger partial charge on any atom is -0.480 e. The van der Waals surface area contributed by atoms with E-state index in [1.54, 1.807) is 4.57 Å². The van der Waals surface area contributed by atoms with Gasteiger partial charge in [-0.2, -0.15) is 0 Å². The summed E-state index contributed by atoms with van der Waals surface area (Å²) in [6.07, 6.45) is 1.84. The topological polar surface area (TPSA) is 64.2 Å². The molecule has 0 spiro atoms. The molecule has 0 saturated carbocycles. The van der Waals surface area contributed by atoms with E-state index in [2.05, 4.69) is 15.9 Å². The number of aromatic nitrogens is 2. The Morgan fingerprint density at radius 3 is 2.94 bits per heavy atom. The third kappa shape index (κ3) is 1.59. The van der Waals surface area contributed by atoms with Crippen LogP contribution in [0.2, 0.25) is 0 Å². The number of carboxylic acid groups (broad SMARTS) is 1. The summed E-state index contributed by atoms with van der Waals surface area (Å²) in [6, 6.07) is 3.81. The molecule has 2 aromatic rings. The summed E-state index contributed by atoms with van der Waals surface area (Å²) in [5.74, 6) is -1.00. The number of hydrogen-bond acceptors (Lipinski definition) is 2. The molecule has 18 heavy (non-hydrogen) atoms. The van der Waals surface area contributed by atoms with Gasteiger partial charge < -0.3 is 5.11 Å². The van der Waals surface area contributed by atoms with Crippen LogP contribution in [0.1, 0.15) is 12.0 Å². The van der Waals surface area contributed by atoms with Gasteiger partial charge in [0.15, 0.2) is 0 Å². The van der Waals surface area contributed by atoms with Crippen molar-refractivity contribution in [2.75, 3.05) is 0 Å². The molecular weight excluding hydrogens is 300 g/mol. The maximum Gasteiger partial charge on any atom is 0.329 e. The van der Waals surface area contributed by atoms with Crippen molar-refractivity contribution in [2.24, 2.45) is 0 Å². The molecule has 1 aliphatic rings. The van der Waals surface area contributed by atoms with E-state index in [-0.39, 0.29) is 12.2 Å². The van der Waals surface area contributed by atoms with Gasteiger partial charge in [-0.05, 0) is 30.5 Å². The lowest BCUT2D eigenvalue weighted by molar-refractivity contribution is -0.137. The van der Waals surface area contributed by atoms with Crippen LogP contribution >= 0.6 is 15.9 Å². The molecule has 0 fully saturated rings. The summed E-state index contributed by atoms with van der Waals surface area (Å²) in [7, 11) is 0. The maximum atomic E-state index is 12.2. The number of benzene rings is 1. The lowest BCUT2D eigenvalue weighted by Crippen LogP contribution is -2.27. The molecular formula is C12H11BrN2O3. The zero-order valence-corrected chi connectivity index (χ0v) is 11.1. The SMILES string of the molecule is O=C(O)Cn1c(=O)n2c3c(cc(Br)cc31)CCC2. The van der Waals surface area contributed by atoms with Gasteiger partial charge >= 0.3 is 11.7 Å². The van der Waals surface area contributed by atoms with Crippen molar-refractivity contribution < 1.29 is 9.90 Å². The van der Waals surface area contributed by atoms with E-state index in [1.165, 1.54) is 4.57 Å². The Morgan fingerprint density at radius 1 is 1.44 bits per heavy atom. The van der Waals surface area contributed by atoms with Gasteiger partial charge in [-0.15, -0.1) is 0 Å². The maximum absolute atomic E-state index is 12.2. The summed E-state index contributed by atoms with van der Waals surface area (Å²) in [4.78, 5) is 23.1. The molecule has 0 bridgehead atoms. The van der Waals surface area contributed by atoms with Crippen molar-refractivity contribution in [3.8, 4) is 0 Å². The summed E-state index contributed by atoms with van der Waals surface area (Å²) in [5, 5.41) is 8.91. The Morgan fingerprint density at radius 2 is 2.22 bits per heavy atom. The first-order valence-electron chi connectivity index (χ1n) is 5.71. The highest BCUT2D eigenvalue weighted by Gasteiger charge is 2.21. The van der Waals surface area contributed by atoms with Gasteiger partial charge in [0, 0.05) is 11.0 Å². The van der Waals surface area contributed by atoms with Crippen molar-refractivity contribution in [3.05, 3.63) is 32.7 Å². The van der Waals surface area contributed by atoms with E-state index in [4.69, 9.17) is 5.11 Å². The number of imidazole rings is 1. The van der Waals surface area contributed by atoms with Crippen molar-refractivity contribution in [3.63, 3.8) is 0 Å². The summed E-state index contributed by atoms with van der Waals surface area (Å²) >= 11 is 3.41. The molecule has 94 valence electrons. The molecule has 3 rings (SSSR count). The van der Waals surface area contributed by atoms with Gasteiger partial charge in [0.05, 0.1) is 11.0 Å². The van der Waals surface area contributed by atoms with Crippen LogP contribution in [-0.2, 0) is 24.3 Å². The van der Waals surface area contributed by atoms with Crippen molar-refractivity contribution in [2.45, 2.75) is 25.9 Å². The minimum absolute atomic E-state index is 0.230. The van der Waals surface area contributed by atoms with E-state index in [1.807, 2.05) is 12.1 Å². The predicted molar refractivity (Wildman–Crippen MR) is 69.9 cm³/mol. The Bertz CT molecular complexity index is 714. The molecule has 0 radical (unpaired) electrons. The van der Waals surface area contributed by atoms with Crippen LogP contribution in [0.25, 0.3) is 11.0 Å². The van der Waals surface area contributed by atoms with E-state index in [0.29, 0.717) is 12.1 Å². The molecule has 1 aromatic carbocycles. The highest BCUT2D eigenvalue weighted by atomic mass is 79.9. The number of rotatable bonds is 2. The number of nitrogens with zero attached hydrogens (tertiary/aromatic N) is 2. The van der Waals surface area contributed by atoms with Gasteiger partial charge in [0.2, 0.25) is 0 Å². The number of aliphatic carboxylic acids is 1. The second-order valence-corrected chi connectivity index (χ2v) is 5.37. The standard InChI is InChI=1S/C12H11BrN2O3/c13-8-4-7-2-1-3-14-11(7)9(5-8)15(12(14)18)6-10(16)17/h4-5H,1-3,6H2,(H,16,17). The molecule has 0 amide bonds. The van der Waals surface area contributed by atoms with Crippen LogP contribution < -0.4 is 5.69 Å². The smallest absolute Gasteiger partial charge is 0.329 e. The first-order chi connectivity index (χ1) is 8.58. The Hall–Kier alpha value is -1.56. The molecule has 0 atom stereocenters. The molecule has 1 aliphatic heterocycles. The lowest BCUT2D eigenvalue weighted by Gasteiger charge is -2.13. The monoisotopic (exact) mass is 310 g/mol. The van der Waals surface area contributed by atoms with Crippen molar-refractivity contribution >= 4 is 32.9 Å². The largest absolute Gasteiger partial charge is 0.480 e. The Balaban J connectivity index is 2.41. The molecule has 0 saturated heterocycles. The summed E-state index contributed by atoms with van der Waals surface area (Å²) in [5.41, 5.74) is 2.46. The lowest BCUT2D eigenvalue weighted by atomic mass is 10.0. The second-order valence-electron chi connectivity index (χ2n) is 4.45. The highest BCUT2D eigenvalue weighted by Crippen LogP contribution is 2.28. The van der Waals surface area contributed by atoms with E-state index in [9.17, 15) is 9.59 Å². The predicted octanol–water partition coefficient (Wildman–Crippen LogP) is 1.60. The zero-order valence-electron chi connectivity index (χ0n) is 9.52. The summed E-state index contributed by atoms with van der Waals surface area (Å²) < 4.78 is 3.89. The molecule has 6 heteroatoms. The number of carbonyl (C=O) groups is 1. The molecule has 1 aromatic heterocycles. The van der Waals surface area contributed by atoms with Crippen LogP contribution in [0.3, 0.4) is 0 Å². The molecule has 2 heterocycles. The number of carboxylic acids is 1. The quantitative estimate of drug-likeness (QED) is 0.916. The molecule has 0 unspecified atom stereocenters. The number of halogens is 1.